The van der Waals surface area contributed by atoms with Gasteiger partial charge < -0.3 is 36.3 Å². The lowest BCUT2D eigenvalue weighted by molar-refractivity contribution is -0.123. The van der Waals surface area contributed by atoms with E-state index in [1.165, 1.54) is 18.2 Å². The van der Waals surface area contributed by atoms with Gasteiger partial charge in [0.25, 0.3) is 10.0 Å². The number of carboxylic acid groups (broad SMARTS) is 1. The number of hydrogen-bond donors (Lipinski definition) is 6. The first kappa shape index (κ1) is 43.2. The molecule has 0 unspecified atom stereocenters. The smallest absolute Gasteiger partial charge is 0.407 e. The third-order valence-corrected chi connectivity index (χ3v) is 11.6. The minimum Gasteiger partial charge on any atom is -0.487 e. The largest absolute Gasteiger partial charge is 0.487 e. The highest BCUT2D eigenvalue weighted by molar-refractivity contribution is 7.90. The fourth-order valence-electron chi connectivity index (χ4n) is 7.33. The van der Waals surface area contributed by atoms with Crippen LogP contribution in [0, 0.1) is 0 Å². The van der Waals surface area contributed by atoms with E-state index in [1.54, 1.807) is 24.3 Å². The van der Waals surface area contributed by atoms with Gasteiger partial charge in [-0.1, -0.05) is 60.7 Å². The normalized spacial score (nSPS) is 14.5. The Hall–Kier alpha value is -6.42. The monoisotopic (exact) mass is 838 g/mol. The van der Waals surface area contributed by atoms with Crippen LogP contribution < -0.4 is 31.1 Å². The number of carbonyl (C=O) groups is 4. The lowest BCUT2D eigenvalue weighted by atomic mass is 9.98. The molecule has 4 aromatic carbocycles. The number of unbranched alkanes of at least 4 members (excludes halogenated alkanes) is 1. The van der Waals surface area contributed by atoms with Crippen LogP contribution in [0.2, 0.25) is 0 Å². The number of benzene rings is 4. The van der Waals surface area contributed by atoms with Gasteiger partial charge in [0.1, 0.15) is 24.0 Å². The quantitative estimate of drug-likeness (QED) is 0.0447. The summed E-state index contributed by atoms with van der Waals surface area (Å²) in [5.41, 5.74) is 11.5. The lowest BCUT2D eigenvalue weighted by Gasteiger charge is -2.20. The second kappa shape index (κ2) is 19.1. The number of rotatable bonds is 18. The molecule has 316 valence electrons. The Bertz CT molecular complexity index is 2320. The van der Waals surface area contributed by atoms with Crippen LogP contribution in [-0.2, 0) is 37.3 Å². The van der Waals surface area contributed by atoms with E-state index in [4.69, 9.17) is 20.3 Å². The number of ether oxygens (including phenoxy) is 2. The summed E-state index contributed by atoms with van der Waals surface area (Å²) >= 11 is 0. The molecule has 0 radical (unpaired) electrons. The van der Waals surface area contributed by atoms with E-state index in [-0.39, 0.29) is 73.7 Å². The van der Waals surface area contributed by atoms with Crippen LogP contribution in [0.1, 0.15) is 84.5 Å². The molecule has 0 saturated carbocycles. The standard InChI is InChI=1S/C44H50N6O9S/c1-44(2)25-30-24-31(20-21-38(30)59-44)60(56,57)50-42(45)47-23-9-14-37(40(52)46-22-8-7-15-39(51)48-26-28-16-18-29(19-17-28)41(53)54)49-43(55)58-27-36-34-12-5-3-10-32(34)33-11-4-6-13-35(33)36/h3-6,10-13,16-21,24,36-37H,7-9,14-15,22-23,25-27H2,1-2H3,(H,46,52)(H,48,51)(H,49,55)(H,53,54)(H3,45,47,50)/t37-/m0/s1. The van der Waals surface area contributed by atoms with Gasteiger partial charge in [0.2, 0.25) is 17.8 Å². The Morgan fingerprint density at radius 3 is 2.28 bits per heavy atom. The molecule has 0 spiro atoms. The third-order valence-electron chi connectivity index (χ3n) is 10.3. The zero-order chi connectivity index (χ0) is 42.9. The average molecular weight is 839 g/mol. The second-order valence-electron chi connectivity index (χ2n) is 15.4. The molecule has 1 atom stereocenters. The first-order valence-corrected chi connectivity index (χ1v) is 21.3. The molecule has 2 aliphatic rings. The van der Waals surface area contributed by atoms with E-state index in [9.17, 15) is 27.6 Å². The van der Waals surface area contributed by atoms with Crippen molar-refractivity contribution in [3.8, 4) is 16.9 Å². The van der Waals surface area contributed by atoms with Crippen molar-refractivity contribution in [3.05, 3.63) is 119 Å². The molecule has 0 bridgehead atoms. The molecule has 7 N–H and O–H groups in total. The first-order valence-electron chi connectivity index (χ1n) is 19.8. The molecule has 1 heterocycles. The number of carboxylic acids is 1. The molecule has 3 amide bonds. The van der Waals surface area contributed by atoms with Crippen LogP contribution in [0.4, 0.5) is 4.79 Å². The summed E-state index contributed by atoms with van der Waals surface area (Å²) in [6.45, 7) is 4.45. The maximum Gasteiger partial charge on any atom is 0.407 e. The van der Waals surface area contributed by atoms with E-state index < -0.39 is 39.6 Å². The van der Waals surface area contributed by atoms with Crippen LogP contribution in [0.25, 0.3) is 11.1 Å². The number of nitrogens with zero attached hydrogens (tertiary/aromatic N) is 1. The predicted molar refractivity (Wildman–Crippen MR) is 225 cm³/mol. The maximum absolute atomic E-state index is 13.4. The molecule has 4 aromatic rings. The molecule has 16 heteroatoms. The number of carbonyl (C=O) groups excluding carboxylic acids is 3. The van der Waals surface area contributed by atoms with E-state index in [0.717, 1.165) is 33.4 Å². The second-order valence-corrected chi connectivity index (χ2v) is 17.1. The summed E-state index contributed by atoms with van der Waals surface area (Å²) in [7, 11) is -4.03. The number of aromatic carboxylic acids is 1. The van der Waals surface area contributed by atoms with Crippen molar-refractivity contribution in [2.45, 2.75) is 81.4 Å². The predicted octanol–water partition coefficient (Wildman–Crippen LogP) is 4.98. The van der Waals surface area contributed by atoms with Crippen molar-refractivity contribution < 1.29 is 42.2 Å². The van der Waals surface area contributed by atoms with Crippen LogP contribution in [0.5, 0.6) is 5.75 Å². The van der Waals surface area contributed by atoms with Crippen LogP contribution in [0.15, 0.2) is 101 Å². The minimum atomic E-state index is -4.03. The highest BCUT2D eigenvalue weighted by Gasteiger charge is 2.32. The van der Waals surface area contributed by atoms with Crippen molar-refractivity contribution in [1.82, 2.24) is 20.7 Å². The topological polar surface area (TPSA) is 228 Å². The molecule has 1 aliphatic carbocycles. The molecule has 15 nitrogen and oxygen atoms in total. The van der Waals surface area contributed by atoms with Gasteiger partial charge in [-0.2, -0.15) is 0 Å². The zero-order valence-corrected chi connectivity index (χ0v) is 34.3. The number of amides is 3. The highest BCUT2D eigenvalue weighted by atomic mass is 32.2. The summed E-state index contributed by atoms with van der Waals surface area (Å²) in [6.07, 6.45) is 1.36. The van der Waals surface area contributed by atoms with Crippen LogP contribution >= 0.6 is 0 Å². The highest BCUT2D eigenvalue weighted by Crippen LogP contribution is 2.44. The van der Waals surface area contributed by atoms with Crippen molar-refractivity contribution >= 4 is 39.9 Å². The van der Waals surface area contributed by atoms with Gasteiger partial charge in [-0.15, -0.1) is 0 Å². The fourth-order valence-corrected chi connectivity index (χ4v) is 8.33. The van der Waals surface area contributed by atoms with E-state index in [0.29, 0.717) is 25.0 Å². The lowest BCUT2D eigenvalue weighted by Crippen LogP contribution is -2.47. The molecule has 0 saturated heterocycles. The Morgan fingerprint density at radius 2 is 1.60 bits per heavy atom. The van der Waals surface area contributed by atoms with Gasteiger partial charge >= 0.3 is 12.1 Å². The summed E-state index contributed by atoms with van der Waals surface area (Å²) in [5, 5.41) is 17.4. The molecule has 1 aliphatic heterocycles. The van der Waals surface area contributed by atoms with E-state index in [2.05, 4.69) is 25.7 Å². The summed E-state index contributed by atoms with van der Waals surface area (Å²) in [4.78, 5) is 54.3. The van der Waals surface area contributed by atoms with Crippen molar-refractivity contribution in [2.24, 2.45) is 10.7 Å². The van der Waals surface area contributed by atoms with Crippen LogP contribution in [0.3, 0.4) is 0 Å². The Morgan fingerprint density at radius 1 is 0.917 bits per heavy atom. The molecule has 0 fully saturated rings. The van der Waals surface area contributed by atoms with Gasteiger partial charge in [-0.25, -0.2) is 22.7 Å². The van der Waals surface area contributed by atoms with Crippen LogP contribution in [-0.4, -0.2) is 74.7 Å². The Kier molecular flexibility index (Phi) is 13.7. The Balaban J connectivity index is 1.00. The van der Waals surface area contributed by atoms with Gasteiger partial charge in [0.05, 0.1) is 10.5 Å². The molecular weight excluding hydrogens is 789 g/mol. The van der Waals surface area contributed by atoms with E-state index >= 15 is 0 Å². The minimum absolute atomic E-state index is 0.0233. The number of aliphatic imine (C=N–C) groups is 1. The van der Waals surface area contributed by atoms with Gasteiger partial charge in [-0.05, 0) is 103 Å². The molecular formula is C44H50N6O9S. The van der Waals surface area contributed by atoms with Gasteiger partial charge in [0.15, 0.2) is 0 Å². The third kappa shape index (κ3) is 11.2. The maximum atomic E-state index is 13.4. The average Bonchev–Trinajstić information content (AvgIpc) is 3.72. The van der Waals surface area contributed by atoms with Gasteiger partial charge in [0, 0.05) is 38.4 Å². The van der Waals surface area contributed by atoms with Gasteiger partial charge in [-0.3, -0.25) is 14.6 Å². The van der Waals surface area contributed by atoms with E-state index in [1.807, 2.05) is 62.4 Å². The number of fused-ring (bicyclic) bond motifs is 4. The van der Waals surface area contributed by atoms with Crippen molar-refractivity contribution in [2.75, 3.05) is 19.7 Å². The summed E-state index contributed by atoms with van der Waals surface area (Å²) in [5.74, 6) is -1.54. The number of guanidine groups is 1. The molecule has 0 aromatic heterocycles. The summed E-state index contributed by atoms with van der Waals surface area (Å²) in [6, 6.07) is 25.7. The Labute approximate surface area is 349 Å². The number of alkyl carbamates (subject to hydrolysis) is 1. The van der Waals surface area contributed by atoms with Crippen molar-refractivity contribution in [1.29, 1.82) is 0 Å². The first-order chi connectivity index (χ1) is 28.7. The SMILES string of the molecule is CC1(C)Cc2cc(S(=O)(=O)NC(N)=NCCC[C@H](NC(=O)OCC3c4ccccc4-c4ccccc43)C(=O)NCCCCC(=O)NCc3ccc(C(=O)O)cc3)ccc2O1. The zero-order valence-electron chi connectivity index (χ0n) is 33.5. The number of nitrogens with two attached hydrogens (primary N) is 1. The molecule has 6 rings (SSSR count). The fraction of sp³-hybridized carbons (Fsp3) is 0.341. The number of hydrogen-bond acceptors (Lipinski definition) is 9. The molecule has 60 heavy (non-hydrogen) atoms. The van der Waals surface area contributed by atoms with Crippen molar-refractivity contribution in [3.63, 3.8) is 0 Å². The summed E-state index contributed by atoms with van der Waals surface area (Å²) < 4.78 is 40.0. The number of nitrogens with one attached hydrogen (secondary N) is 4. The number of sulfonamides is 1.